The second-order valence-corrected chi connectivity index (χ2v) is 3.82. The zero-order valence-electron chi connectivity index (χ0n) is 7.80. The van der Waals surface area contributed by atoms with E-state index in [0.29, 0.717) is 0 Å². The van der Waals surface area contributed by atoms with E-state index in [0.717, 1.165) is 0 Å². The first-order chi connectivity index (χ1) is 6.91. The van der Waals surface area contributed by atoms with Gasteiger partial charge >= 0.3 is 5.97 Å². The first kappa shape index (κ1) is 12.0. The Hall–Kier alpha value is -1.04. The lowest BCUT2D eigenvalue weighted by molar-refractivity contribution is -0.136. The fourth-order valence-corrected chi connectivity index (χ4v) is 1.94. The summed E-state index contributed by atoms with van der Waals surface area (Å²) in [5.74, 6) is -1.04. The quantitative estimate of drug-likeness (QED) is 0.926. The Bertz CT molecular complexity index is 373. The Morgan fingerprint density at radius 1 is 1.67 bits per heavy atom. The molecule has 0 saturated carbocycles. The number of aryl methyl sites for hydroxylation is 1. The van der Waals surface area contributed by atoms with Crippen molar-refractivity contribution >= 4 is 21.9 Å². The Labute approximate surface area is 93.3 Å². The number of hydrogen-bond donors (Lipinski definition) is 1. The predicted molar refractivity (Wildman–Crippen MR) is 53.0 cm³/mol. The second-order valence-electron chi connectivity index (χ2n) is 2.97. The number of nitrogens with zero attached hydrogens (tertiary/aromatic N) is 1. The smallest absolute Gasteiger partial charge is 0.309 e. The molecule has 0 bridgehead atoms. The highest BCUT2D eigenvalue weighted by atomic mass is 79.9. The van der Waals surface area contributed by atoms with Crippen LogP contribution >= 0.6 is 15.9 Å². The van der Waals surface area contributed by atoms with Crippen LogP contribution in [0, 0.1) is 6.92 Å². The molecule has 1 aromatic rings. The number of carboxylic acid groups (broad SMARTS) is 1. The first-order valence-corrected chi connectivity index (χ1v) is 4.87. The van der Waals surface area contributed by atoms with Crippen LogP contribution in [0.25, 0.3) is 0 Å². The summed E-state index contributed by atoms with van der Waals surface area (Å²) in [5, 5.41) is 8.52. The van der Waals surface area contributed by atoms with Crippen LogP contribution in [-0.2, 0) is 11.2 Å². The van der Waals surface area contributed by atoms with Gasteiger partial charge in [-0.2, -0.15) is 0 Å². The van der Waals surface area contributed by atoms with Gasteiger partial charge in [-0.05, 0) is 13.0 Å². The molecule has 0 saturated heterocycles. The molecule has 1 N–H and O–H groups in total. The second kappa shape index (κ2) is 4.65. The van der Waals surface area contributed by atoms with E-state index >= 15 is 0 Å². The number of hydrogen-bond acceptors (Lipinski definition) is 2. The van der Waals surface area contributed by atoms with Gasteiger partial charge in [-0.3, -0.25) is 9.78 Å². The standard InChI is InChI=1S/C9H8BrF2NO2/c1-4-8(9(11)12)6(10)2-5(13-4)3-7(14)15/h2,9H,3H2,1H3,(H,14,15). The van der Waals surface area contributed by atoms with Crippen LogP contribution < -0.4 is 0 Å². The van der Waals surface area contributed by atoms with Gasteiger partial charge in [-0.15, -0.1) is 0 Å². The highest BCUT2D eigenvalue weighted by molar-refractivity contribution is 9.10. The monoisotopic (exact) mass is 279 g/mol. The fraction of sp³-hybridized carbons (Fsp3) is 0.333. The Balaban J connectivity index is 3.13. The van der Waals surface area contributed by atoms with Crippen molar-refractivity contribution in [2.24, 2.45) is 0 Å². The highest BCUT2D eigenvalue weighted by Crippen LogP contribution is 2.29. The van der Waals surface area contributed by atoms with Crippen molar-refractivity contribution in [3.05, 3.63) is 27.5 Å². The zero-order valence-corrected chi connectivity index (χ0v) is 9.38. The van der Waals surface area contributed by atoms with E-state index in [-0.39, 0.29) is 27.8 Å². The molecule has 0 unspecified atom stereocenters. The number of aromatic nitrogens is 1. The molecule has 0 aliphatic heterocycles. The largest absolute Gasteiger partial charge is 0.481 e. The summed E-state index contributed by atoms with van der Waals surface area (Å²) >= 11 is 2.98. The van der Waals surface area contributed by atoms with Crippen molar-refractivity contribution in [2.45, 2.75) is 19.8 Å². The molecule has 0 aliphatic carbocycles. The third-order valence-corrected chi connectivity index (χ3v) is 2.46. The predicted octanol–water partition coefficient (Wildman–Crippen LogP) is 2.72. The van der Waals surface area contributed by atoms with Gasteiger partial charge in [0.05, 0.1) is 17.7 Å². The van der Waals surface area contributed by atoms with Gasteiger partial charge in [0.15, 0.2) is 0 Å². The fourth-order valence-electron chi connectivity index (χ4n) is 1.21. The molecule has 1 heterocycles. The molecule has 82 valence electrons. The number of pyridine rings is 1. The van der Waals surface area contributed by atoms with Gasteiger partial charge in [-0.25, -0.2) is 8.78 Å². The molecule has 1 rings (SSSR count). The van der Waals surface area contributed by atoms with Crippen LogP contribution in [0.1, 0.15) is 23.4 Å². The molecule has 1 aromatic heterocycles. The molecule has 6 heteroatoms. The topological polar surface area (TPSA) is 50.2 Å². The van der Waals surface area contributed by atoms with E-state index in [9.17, 15) is 13.6 Å². The van der Waals surface area contributed by atoms with Gasteiger partial charge in [-0.1, -0.05) is 15.9 Å². The highest BCUT2D eigenvalue weighted by Gasteiger charge is 2.17. The summed E-state index contributed by atoms with van der Waals surface area (Å²) in [5.41, 5.74) is 0.219. The van der Waals surface area contributed by atoms with Crippen molar-refractivity contribution in [1.29, 1.82) is 0 Å². The summed E-state index contributed by atoms with van der Waals surface area (Å²) < 4.78 is 25.2. The molecular weight excluding hydrogens is 272 g/mol. The molecule has 0 radical (unpaired) electrons. The number of halogens is 3. The summed E-state index contributed by atoms with van der Waals surface area (Å²) in [6, 6.07) is 1.31. The first-order valence-electron chi connectivity index (χ1n) is 4.07. The summed E-state index contributed by atoms with van der Waals surface area (Å²) in [4.78, 5) is 14.2. The van der Waals surface area contributed by atoms with Crippen molar-refractivity contribution in [3.8, 4) is 0 Å². The minimum absolute atomic E-state index is 0.149. The van der Waals surface area contributed by atoms with Gasteiger partial charge in [0, 0.05) is 10.2 Å². The maximum atomic E-state index is 12.5. The van der Waals surface area contributed by atoms with Gasteiger partial charge in [0.2, 0.25) is 0 Å². The van der Waals surface area contributed by atoms with E-state index < -0.39 is 12.4 Å². The third kappa shape index (κ3) is 2.95. The summed E-state index contributed by atoms with van der Waals surface area (Å²) in [6.45, 7) is 1.43. The molecular formula is C9H8BrF2NO2. The van der Waals surface area contributed by atoms with Crippen molar-refractivity contribution < 1.29 is 18.7 Å². The molecule has 3 nitrogen and oxygen atoms in total. The summed E-state index contributed by atoms with van der Waals surface area (Å²) in [7, 11) is 0. The lowest BCUT2D eigenvalue weighted by Gasteiger charge is -2.08. The van der Waals surface area contributed by atoms with Crippen LogP contribution in [0.5, 0.6) is 0 Å². The molecule has 0 aliphatic rings. The van der Waals surface area contributed by atoms with E-state index in [1.807, 2.05) is 0 Å². The Kier molecular flexibility index (Phi) is 3.73. The maximum absolute atomic E-state index is 12.5. The number of aliphatic carboxylic acids is 1. The van der Waals surface area contributed by atoms with Crippen molar-refractivity contribution in [3.63, 3.8) is 0 Å². The van der Waals surface area contributed by atoms with Crippen LogP contribution in [-0.4, -0.2) is 16.1 Å². The summed E-state index contributed by atoms with van der Waals surface area (Å²) in [6.07, 6.45) is -2.89. The number of rotatable bonds is 3. The van der Waals surface area contributed by atoms with Gasteiger partial charge < -0.3 is 5.11 Å². The maximum Gasteiger partial charge on any atom is 0.309 e. The van der Waals surface area contributed by atoms with Crippen molar-refractivity contribution in [1.82, 2.24) is 4.98 Å². The van der Waals surface area contributed by atoms with E-state index in [1.165, 1.54) is 13.0 Å². The third-order valence-electron chi connectivity index (χ3n) is 1.80. The minimum Gasteiger partial charge on any atom is -0.481 e. The molecule has 0 spiro atoms. The normalized spacial score (nSPS) is 10.7. The average molecular weight is 280 g/mol. The van der Waals surface area contributed by atoms with E-state index in [2.05, 4.69) is 20.9 Å². The molecule has 0 amide bonds. The minimum atomic E-state index is -2.62. The van der Waals surface area contributed by atoms with Crippen LogP contribution in [0.3, 0.4) is 0 Å². The Morgan fingerprint density at radius 3 is 2.67 bits per heavy atom. The number of alkyl halides is 2. The number of carbonyl (C=O) groups is 1. The van der Waals surface area contributed by atoms with Crippen LogP contribution in [0.4, 0.5) is 8.78 Å². The SMILES string of the molecule is Cc1nc(CC(=O)O)cc(Br)c1C(F)F. The Morgan fingerprint density at radius 2 is 2.27 bits per heavy atom. The molecule has 15 heavy (non-hydrogen) atoms. The molecule has 0 atom stereocenters. The zero-order chi connectivity index (χ0) is 11.6. The van der Waals surface area contributed by atoms with Crippen molar-refractivity contribution in [2.75, 3.05) is 0 Å². The van der Waals surface area contributed by atoms with Crippen LogP contribution in [0.2, 0.25) is 0 Å². The molecule has 0 fully saturated rings. The lowest BCUT2D eigenvalue weighted by Crippen LogP contribution is -2.05. The van der Waals surface area contributed by atoms with Gasteiger partial charge in [0.25, 0.3) is 6.43 Å². The van der Waals surface area contributed by atoms with E-state index in [4.69, 9.17) is 5.11 Å². The van der Waals surface area contributed by atoms with Crippen LogP contribution in [0.15, 0.2) is 10.5 Å². The average Bonchev–Trinajstić information content (AvgIpc) is 1.99. The molecule has 0 aromatic carbocycles. The van der Waals surface area contributed by atoms with Gasteiger partial charge in [0.1, 0.15) is 0 Å². The van der Waals surface area contributed by atoms with E-state index in [1.54, 1.807) is 0 Å². The number of carboxylic acids is 1. The lowest BCUT2D eigenvalue weighted by atomic mass is 10.1.